The summed E-state index contributed by atoms with van der Waals surface area (Å²) >= 11 is 0. The van der Waals surface area contributed by atoms with Crippen molar-refractivity contribution in [3.8, 4) is 0 Å². The molecule has 0 heterocycles. The van der Waals surface area contributed by atoms with Gasteiger partial charge in [0, 0.05) is 19.6 Å². The lowest BCUT2D eigenvalue weighted by Gasteiger charge is -2.20. The van der Waals surface area contributed by atoms with Crippen molar-refractivity contribution < 1.29 is 13.6 Å². The quantitative estimate of drug-likeness (QED) is 0.846. The van der Waals surface area contributed by atoms with Gasteiger partial charge in [-0.15, -0.1) is 0 Å². The molecule has 0 bridgehead atoms. The fourth-order valence-electron chi connectivity index (χ4n) is 1.40. The predicted octanol–water partition coefficient (Wildman–Crippen LogP) is 1.39. The van der Waals surface area contributed by atoms with Gasteiger partial charge in [0.2, 0.25) is 0 Å². The van der Waals surface area contributed by atoms with Gasteiger partial charge in [-0.05, 0) is 19.1 Å². The van der Waals surface area contributed by atoms with Crippen molar-refractivity contribution in [3.05, 3.63) is 35.4 Å². The van der Waals surface area contributed by atoms with E-state index in [4.69, 9.17) is 5.73 Å². The minimum absolute atomic E-state index is 0.254. The Morgan fingerprint density at radius 3 is 2.69 bits per heavy atom. The van der Waals surface area contributed by atoms with Crippen LogP contribution in [0.5, 0.6) is 0 Å². The molecular weight excluding hydrogens is 214 g/mol. The first kappa shape index (κ1) is 12.6. The molecule has 0 aliphatic carbocycles. The van der Waals surface area contributed by atoms with Crippen LogP contribution in [0.4, 0.5) is 8.78 Å². The van der Waals surface area contributed by atoms with E-state index in [9.17, 15) is 13.6 Å². The highest BCUT2D eigenvalue weighted by atomic mass is 19.2. The molecule has 0 unspecified atom stereocenters. The molecule has 0 radical (unpaired) electrons. The number of amides is 1. The average molecular weight is 228 g/mol. The van der Waals surface area contributed by atoms with Crippen LogP contribution in [0.15, 0.2) is 18.2 Å². The number of likely N-dealkylation sites (N-methyl/N-ethyl adjacent to an activating group) is 1. The van der Waals surface area contributed by atoms with Gasteiger partial charge in [-0.1, -0.05) is 6.07 Å². The molecule has 0 fully saturated rings. The van der Waals surface area contributed by atoms with Crippen molar-refractivity contribution in [1.82, 2.24) is 4.90 Å². The summed E-state index contributed by atoms with van der Waals surface area (Å²) in [7, 11) is 0. The largest absolute Gasteiger partial charge is 0.338 e. The van der Waals surface area contributed by atoms with Crippen molar-refractivity contribution >= 4 is 5.91 Å². The molecule has 16 heavy (non-hydrogen) atoms. The summed E-state index contributed by atoms with van der Waals surface area (Å²) in [5.74, 6) is -2.66. The van der Waals surface area contributed by atoms with Gasteiger partial charge >= 0.3 is 0 Å². The van der Waals surface area contributed by atoms with Gasteiger partial charge < -0.3 is 10.6 Å². The molecule has 0 spiro atoms. The van der Waals surface area contributed by atoms with Gasteiger partial charge in [0.25, 0.3) is 5.91 Å². The van der Waals surface area contributed by atoms with Crippen LogP contribution in [0.3, 0.4) is 0 Å². The van der Waals surface area contributed by atoms with Crippen LogP contribution in [0.25, 0.3) is 0 Å². The smallest absolute Gasteiger partial charge is 0.256 e. The van der Waals surface area contributed by atoms with Crippen LogP contribution in [0.1, 0.15) is 17.3 Å². The van der Waals surface area contributed by atoms with Crippen LogP contribution in [0.2, 0.25) is 0 Å². The number of carbonyl (C=O) groups is 1. The van der Waals surface area contributed by atoms with Crippen molar-refractivity contribution in [2.45, 2.75) is 6.92 Å². The number of nitrogens with zero attached hydrogens (tertiary/aromatic N) is 1. The van der Waals surface area contributed by atoms with E-state index >= 15 is 0 Å². The van der Waals surface area contributed by atoms with Crippen molar-refractivity contribution in [2.24, 2.45) is 5.73 Å². The van der Waals surface area contributed by atoms with Gasteiger partial charge in [-0.3, -0.25) is 4.79 Å². The third-order valence-electron chi connectivity index (χ3n) is 2.25. The Morgan fingerprint density at radius 2 is 2.12 bits per heavy atom. The fourth-order valence-corrected chi connectivity index (χ4v) is 1.40. The third-order valence-corrected chi connectivity index (χ3v) is 2.25. The molecule has 0 saturated carbocycles. The second kappa shape index (κ2) is 5.55. The fraction of sp³-hybridized carbons (Fsp3) is 0.364. The summed E-state index contributed by atoms with van der Waals surface area (Å²) in [6.45, 7) is 2.78. The van der Waals surface area contributed by atoms with Gasteiger partial charge in [-0.2, -0.15) is 0 Å². The highest BCUT2D eigenvalue weighted by molar-refractivity contribution is 5.94. The monoisotopic (exact) mass is 228 g/mol. The summed E-state index contributed by atoms with van der Waals surface area (Å²) < 4.78 is 26.3. The van der Waals surface area contributed by atoms with E-state index in [1.807, 2.05) is 0 Å². The highest BCUT2D eigenvalue weighted by Gasteiger charge is 2.19. The zero-order chi connectivity index (χ0) is 12.1. The molecular formula is C11H14F2N2O. The normalized spacial score (nSPS) is 10.2. The molecule has 88 valence electrons. The molecule has 1 amide bonds. The molecule has 1 aromatic rings. The van der Waals surface area contributed by atoms with E-state index in [0.29, 0.717) is 13.1 Å². The Hall–Kier alpha value is -1.49. The summed E-state index contributed by atoms with van der Waals surface area (Å²) in [5, 5.41) is 0. The van der Waals surface area contributed by atoms with Crippen molar-refractivity contribution in [2.75, 3.05) is 19.6 Å². The Labute approximate surface area is 92.8 Å². The lowest BCUT2D eigenvalue weighted by molar-refractivity contribution is 0.0763. The predicted molar refractivity (Wildman–Crippen MR) is 57.0 cm³/mol. The van der Waals surface area contributed by atoms with Crippen LogP contribution < -0.4 is 5.73 Å². The number of carbonyl (C=O) groups excluding carboxylic acids is 1. The molecule has 0 aromatic heterocycles. The maximum absolute atomic E-state index is 13.3. The number of benzene rings is 1. The zero-order valence-corrected chi connectivity index (χ0v) is 9.04. The summed E-state index contributed by atoms with van der Waals surface area (Å²) in [6, 6.07) is 3.55. The van der Waals surface area contributed by atoms with E-state index in [1.54, 1.807) is 6.92 Å². The lowest BCUT2D eigenvalue weighted by Crippen LogP contribution is -2.35. The van der Waals surface area contributed by atoms with Gasteiger partial charge in [0.15, 0.2) is 11.6 Å². The number of nitrogens with two attached hydrogens (primary N) is 1. The summed E-state index contributed by atoms with van der Waals surface area (Å²) in [6.07, 6.45) is 0. The minimum atomic E-state index is -1.11. The SMILES string of the molecule is CCN(CCN)C(=O)c1cccc(F)c1F. The lowest BCUT2D eigenvalue weighted by atomic mass is 10.1. The molecule has 0 aliphatic heterocycles. The minimum Gasteiger partial charge on any atom is -0.338 e. The first-order valence-corrected chi connectivity index (χ1v) is 5.05. The van der Waals surface area contributed by atoms with E-state index < -0.39 is 17.5 Å². The number of rotatable bonds is 4. The molecule has 2 N–H and O–H groups in total. The molecule has 5 heteroatoms. The topological polar surface area (TPSA) is 46.3 Å². The second-order valence-electron chi connectivity index (χ2n) is 3.27. The maximum Gasteiger partial charge on any atom is 0.256 e. The van der Waals surface area contributed by atoms with Gasteiger partial charge in [0.1, 0.15) is 0 Å². The first-order chi connectivity index (χ1) is 7.61. The van der Waals surface area contributed by atoms with Crippen LogP contribution >= 0.6 is 0 Å². The Balaban J connectivity index is 2.99. The molecule has 0 aliphatic rings. The van der Waals surface area contributed by atoms with Crippen LogP contribution in [-0.4, -0.2) is 30.4 Å². The number of hydrogen-bond acceptors (Lipinski definition) is 2. The molecule has 1 aromatic carbocycles. The standard InChI is InChI=1S/C11H14F2N2O/c1-2-15(7-6-14)11(16)8-4-3-5-9(12)10(8)13/h3-5H,2,6-7,14H2,1H3. The van der Waals surface area contributed by atoms with Crippen LogP contribution in [-0.2, 0) is 0 Å². The Morgan fingerprint density at radius 1 is 1.44 bits per heavy atom. The maximum atomic E-state index is 13.3. The summed E-state index contributed by atoms with van der Waals surface area (Å²) in [5.41, 5.74) is 5.07. The molecule has 3 nitrogen and oxygen atoms in total. The van der Waals surface area contributed by atoms with E-state index in [2.05, 4.69) is 0 Å². The summed E-state index contributed by atoms with van der Waals surface area (Å²) in [4.78, 5) is 13.2. The number of halogens is 2. The first-order valence-electron chi connectivity index (χ1n) is 5.05. The molecule has 1 rings (SSSR count). The van der Waals surface area contributed by atoms with Gasteiger partial charge in [-0.25, -0.2) is 8.78 Å². The highest BCUT2D eigenvalue weighted by Crippen LogP contribution is 2.13. The van der Waals surface area contributed by atoms with Crippen molar-refractivity contribution in [3.63, 3.8) is 0 Å². The second-order valence-corrected chi connectivity index (χ2v) is 3.27. The van der Waals surface area contributed by atoms with Gasteiger partial charge in [0.05, 0.1) is 5.56 Å². The Bertz CT molecular complexity index is 382. The van der Waals surface area contributed by atoms with E-state index in [1.165, 1.54) is 17.0 Å². The molecule has 0 atom stereocenters. The Kier molecular flexibility index (Phi) is 4.37. The average Bonchev–Trinajstić information content (AvgIpc) is 2.29. The zero-order valence-electron chi connectivity index (χ0n) is 9.04. The van der Waals surface area contributed by atoms with Crippen LogP contribution in [0, 0.1) is 11.6 Å². The van der Waals surface area contributed by atoms with Crippen molar-refractivity contribution in [1.29, 1.82) is 0 Å². The molecule has 0 saturated heterocycles. The van der Waals surface area contributed by atoms with E-state index in [0.717, 1.165) is 6.07 Å². The third kappa shape index (κ3) is 2.55. The number of hydrogen-bond donors (Lipinski definition) is 1. The van der Waals surface area contributed by atoms with E-state index in [-0.39, 0.29) is 12.1 Å².